The summed E-state index contributed by atoms with van der Waals surface area (Å²) in [6.45, 7) is 10.1. The van der Waals surface area contributed by atoms with Crippen LogP contribution < -0.4 is 0 Å². The van der Waals surface area contributed by atoms with Crippen LogP contribution in [-0.2, 0) is 4.74 Å². The molecule has 0 atom stereocenters. The van der Waals surface area contributed by atoms with Crippen LogP contribution in [0, 0.1) is 0 Å². The number of rotatable bonds is 13. The van der Waals surface area contributed by atoms with E-state index in [9.17, 15) is 0 Å². The minimum absolute atomic E-state index is 0.206. The van der Waals surface area contributed by atoms with Gasteiger partial charge in [0.1, 0.15) is 0 Å². The molecular formula is C17H36O. The van der Waals surface area contributed by atoms with E-state index >= 15 is 0 Å². The molecule has 0 radical (unpaired) electrons. The SMILES string of the molecule is CCCCOC(CCCC)(CCCC)CCCC. The first-order valence-electron chi connectivity index (χ1n) is 8.38. The van der Waals surface area contributed by atoms with Crippen molar-refractivity contribution in [1.82, 2.24) is 0 Å². The van der Waals surface area contributed by atoms with Crippen molar-refractivity contribution < 1.29 is 4.74 Å². The van der Waals surface area contributed by atoms with Crippen molar-refractivity contribution in [3.63, 3.8) is 0 Å². The van der Waals surface area contributed by atoms with Gasteiger partial charge in [-0.2, -0.15) is 0 Å². The van der Waals surface area contributed by atoms with Crippen molar-refractivity contribution in [2.24, 2.45) is 0 Å². The van der Waals surface area contributed by atoms with Crippen LogP contribution in [0.4, 0.5) is 0 Å². The molecule has 0 N–H and O–H groups in total. The van der Waals surface area contributed by atoms with Gasteiger partial charge >= 0.3 is 0 Å². The minimum Gasteiger partial charge on any atom is -0.375 e. The molecule has 110 valence electrons. The quantitative estimate of drug-likeness (QED) is 0.361. The summed E-state index contributed by atoms with van der Waals surface area (Å²) in [7, 11) is 0. The molecule has 0 saturated heterocycles. The lowest BCUT2D eigenvalue weighted by Crippen LogP contribution is -2.33. The van der Waals surface area contributed by atoms with Crippen LogP contribution in [-0.4, -0.2) is 12.2 Å². The van der Waals surface area contributed by atoms with Gasteiger partial charge in [0.25, 0.3) is 0 Å². The van der Waals surface area contributed by atoms with Gasteiger partial charge in [-0.25, -0.2) is 0 Å². The van der Waals surface area contributed by atoms with E-state index in [0.29, 0.717) is 0 Å². The summed E-state index contributed by atoms with van der Waals surface area (Å²) in [6, 6.07) is 0. The Morgan fingerprint density at radius 3 is 1.33 bits per heavy atom. The maximum Gasteiger partial charge on any atom is 0.0682 e. The van der Waals surface area contributed by atoms with Gasteiger partial charge in [0.15, 0.2) is 0 Å². The molecule has 1 heteroatoms. The topological polar surface area (TPSA) is 9.23 Å². The highest BCUT2D eigenvalue weighted by molar-refractivity contribution is 4.81. The van der Waals surface area contributed by atoms with Crippen molar-refractivity contribution in [1.29, 1.82) is 0 Å². The number of unbranched alkanes of at least 4 members (excludes halogenated alkanes) is 4. The first-order chi connectivity index (χ1) is 8.74. The van der Waals surface area contributed by atoms with E-state index in [0.717, 1.165) is 6.61 Å². The van der Waals surface area contributed by atoms with E-state index in [1.165, 1.54) is 70.6 Å². The van der Waals surface area contributed by atoms with Crippen molar-refractivity contribution in [3.8, 4) is 0 Å². The van der Waals surface area contributed by atoms with Gasteiger partial charge in [-0.1, -0.05) is 72.6 Å². The van der Waals surface area contributed by atoms with Crippen LogP contribution in [0.1, 0.15) is 98.3 Å². The fourth-order valence-electron chi connectivity index (χ4n) is 2.52. The van der Waals surface area contributed by atoms with Crippen molar-refractivity contribution in [3.05, 3.63) is 0 Å². The predicted octanol–water partition coefficient (Wildman–Crippen LogP) is 6.11. The second-order valence-corrected chi connectivity index (χ2v) is 5.70. The molecule has 0 bridgehead atoms. The molecule has 0 spiro atoms. The molecule has 0 fully saturated rings. The van der Waals surface area contributed by atoms with Gasteiger partial charge in [0, 0.05) is 6.61 Å². The summed E-state index contributed by atoms with van der Waals surface area (Å²) in [5, 5.41) is 0. The summed E-state index contributed by atoms with van der Waals surface area (Å²) in [4.78, 5) is 0. The highest BCUT2D eigenvalue weighted by Crippen LogP contribution is 2.31. The lowest BCUT2D eigenvalue weighted by Gasteiger charge is -2.34. The minimum atomic E-state index is 0.206. The van der Waals surface area contributed by atoms with Crippen LogP contribution in [0.25, 0.3) is 0 Å². The van der Waals surface area contributed by atoms with E-state index in [1.807, 2.05) is 0 Å². The molecule has 0 rings (SSSR count). The smallest absolute Gasteiger partial charge is 0.0682 e. The van der Waals surface area contributed by atoms with Gasteiger partial charge in [0.2, 0.25) is 0 Å². The Hall–Kier alpha value is -0.0400. The summed E-state index contributed by atoms with van der Waals surface area (Å²) in [5.41, 5.74) is 0.206. The molecule has 0 aliphatic carbocycles. The highest BCUT2D eigenvalue weighted by atomic mass is 16.5. The van der Waals surface area contributed by atoms with Crippen LogP contribution in [0.15, 0.2) is 0 Å². The molecule has 0 aliphatic rings. The van der Waals surface area contributed by atoms with E-state index in [-0.39, 0.29) is 5.60 Å². The lowest BCUT2D eigenvalue weighted by atomic mass is 9.85. The molecule has 18 heavy (non-hydrogen) atoms. The lowest BCUT2D eigenvalue weighted by molar-refractivity contribution is -0.0684. The second kappa shape index (κ2) is 12.0. The molecule has 0 unspecified atom stereocenters. The molecule has 0 amide bonds. The van der Waals surface area contributed by atoms with Gasteiger partial charge in [0.05, 0.1) is 5.60 Å². The summed E-state index contributed by atoms with van der Waals surface area (Å²) < 4.78 is 6.38. The third-order valence-electron chi connectivity index (χ3n) is 3.86. The normalized spacial score (nSPS) is 12.0. The number of hydrogen-bond donors (Lipinski definition) is 0. The monoisotopic (exact) mass is 256 g/mol. The largest absolute Gasteiger partial charge is 0.375 e. The number of ether oxygens (including phenoxy) is 1. The standard InChI is InChI=1S/C17H36O/c1-5-9-13-17(14-10-6-2,15-11-7-3)18-16-12-8-4/h5-16H2,1-4H3. The van der Waals surface area contributed by atoms with Crippen LogP contribution in [0.5, 0.6) is 0 Å². The summed E-state index contributed by atoms with van der Waals surface area (Å²) in [5.74, 6) is 0. The fraction of sp³-hybridized carbons (Fsp3) is 1.00. The predicted molar refractivity (Wildman–Crippen MR) is 82.2 cm³/mol. The Morgan fingerprint density at radius 2 is 1.00 bits per heavy atom. The summed E-state index contributed by atoms with van der Waals surface area (Å²) >= 11 is 0. The zero-order valence-electron chi connectivity index (χ0n) is 13.4. The first kappa shape index (κ1) is 18.0. The Bertz CT molecular complexity index is 143. The average Bonchev–Trinajstić information content (AvgIpc) is 2.40. The summed E-state index contributed by atoms with van der Waals surface area (Å²) in [6.07, 6.45) is 14.1. The maximum atomic E-state index is 6.38. The number of hydrogen-bond acceptors (Lipinski definition) is 1. The van der Waals surface area contributed by atoms with E-state index < -0.39 is 0 Å². The van der Waals surface area contributed by atoms with Crippen LogP contribution in [0.3, 0.4) is 0 Å². The first-order valence-corrected chi connectivity index (χ1v) is 8.38. The Labute approximate surface area is 116 Å². The highest BCUT2D eigenvalue weighted by Gasteiger charge is 2.28. The van der Waals surface area contributed by atoms with E-state index in [2.05, 4.69) is 27.7 Å². The third kappa shape index (κ3) is 8.13. The van der Waals surface area contributed by atoms with Crippen LogP contribution >= 0.6 is 0 Å². The average molecular weight is 256 g/mol. The van der Waals surface area contributed by atoms with Gasteiger partial charge in [-0.05, 0) is 25.7 Å². The second-order valence-electron chi connectivity index (χ2n) is 5.70. The zero-order chi connectivity index (χ0) is 13.7. The van der Waals surface area contributed by atoms with Crippen molar-refractivity contribution >= 4 is 0 Å². The molecule has 1 nitrogen and oxygen atoms in total. The van der Waals surface area contributed by atoms with Gasteiger partial charge in [-0.3, -0.25) is 0 Å². The molecule has 0 aliphatic heterocycles. The van der Waals surface area contributed by atoms with E-state index in [1.54, 1.807) is 0 Å². The third-order valence-corrected chi connectivity index (χ3v) is 3.86. The molecule has 0 aromatic rings. The Kier molecular flexibility index (Phi) is 12.0. The Balaban J connectivity index is 4.41. The van der Waals surface area contributed by atoms with Crippen molar-refractivity contribution in [2.75, 3.05) is 6.61 Å². The van der Waals surface area contributed by atoms with Gasteiger partial charge in [-0.15, -0.1) is 0 Å². The zero-order valence-corrected chi connectivity index (χ0v) is 13.4. The molecule has 0 aromatic carbocycles. The maximum absolute atomic E-state index is 6.38. The molecule has 0 aromatic heterocycles. The fourth-order valence-corrected chi connectivity index (χ4v) is 2.52. The Morgan fingerprint density at radius 1 is 0.611 bits per heavy atom. The van der Waals surface area contributed by atoms with E-state index in [4.69, 9.17) is 4.74 Å². The van der Waals surface area contributed by atoms with Crippen LogP contribution in [0.2, 0.25) is 0 Å². The van der Waals surface area contributed by atoms with Crippen molar-refractivity contribution in [2.45, 2.75) is 104 Å². The molecular weight excluding hydrogens is 220 g/mol. The molecule has 0 saturated carbocycles. The molecule has 0 heterocycles. The van der Waals surface area contributed by atoms with Gasteiger partial charge < -0.3 is 4.74 Å².